The summed E-state index contributed by atoms with van der Waals surface area (Å²) in [5.41, 5.74) is 4.29. The molecule has 1 heterocycles. The molecule has 1 aliphatic heterocycles. The second kappa shape index (κ2) is 15.0. The number of hydrogen-bond acceptors (Lipinski definition) is 7. The molecule has 6 aromatic carbocycles. The molecule has 0 aromatic heterocycles. The van der Waals surface area contributed by atoms with Gasteiger partial charge < -0.3 is 24.1 Å². The molecule has 8 rings (SSSR count). The highest BCUT2D eigenvalue weighted by atomic mass is 16.6. The van der Waals surface area contributed by atoms with E-state index in [0.717, 1.165) is 16.7 Å². The zero-order valence-corrected chi connectivity index (χ0v) is 28.5. The lowest BCUT2D eigenvalue weighted by Crippen LogP contribution is -2.50. The summed E-state index contributed by atoms with van der Waals surface area (Å²) in [7, 11) is 0. The van der Waals surface area contributed by atoms with Gasteiger partial charge in [-0.3, -0.25) is 9.59 Å². The van der Waals surface area contributed by atoms with Gasteiger partial charge in [-0.05, 0) is 27.5 Å². The fraction of sp³-hybridized carbons (Fsp3) is 0.200. The van der Waals surface area contributed by atoms with Crippen LogP contribution in [0.2, 0.25) is 0 Å². The fourth-order valence-corrected chi connectivity index (χ4v) is 7.42. The fourth-order valence-electron chi connectivity index (χ4n) is 7.42. The number of phenols is 1. The van der Waals surface area contributed by atoms with Gasteiger partial charge in [0.1, 0.15) is 18.0 Å². The quantitative estimate of drug-likeness (QED) is 0.146. The van der Waals surface area contributed by atoms with E-state index in [2.05, 4.69) is 0 Å². The van der Waals surface area contributed by atoms with Gasteiger partial charge in [-0.25, -0.2) is 0 Å². The van der Waals surface area contributed by atoms with E-state index >= 15 is 0 Å². The van der Waals surface area contributed by atoms with Gasteiger partial charge in [-0.1, -0.05) is 140 Å². The Hall–Kier alpha value is -5.44. The van der Waals surface area contributed by atoms with E-state index < -0.39 is 30.2 Å². The zero-order valence-electron chi connectivity index (χ0n) is 28.5. The van der Waals surface area contributed by atoms with Gasteiger partial charge in [-0.15, -0.1) is 0 Å². The van der Waals surface area contributed by atoms with Gasteiger partial charge in [0.05, 0.1) is 44.2 Å². The van der Waals surface area contributed by atoms with Crippen LogP contribution >= 0.6 is 0 Å². The predicted octanol–water partition coefficient (Wildman–Crippen LogP) is 8.54. The summed E-state index contributed by atoms with van der Waals surface area (Å²) in [4.78, 5) is 28.0. The molecule has 52 heavy (non-hydrogen) atoms. The van der Waals surface area contributed by atoms with Gasteiger partial charge in [-0.2, -0.15) is 0 Å². The molecule has 4 atom stereocenters. The van der Waals surface area contributed by atoms with E-state index in [1.807, 2.05) is 115 Å². The number of aromatic hydroxyl groups is 1. The van der Waals surface area contributed by atoms with Crippen LogP contribution in [0.3, 0.4) is 0 Å². The molecule has 1 fully saturated rings. The highest BCUT2D eigenvalue weighted by molar-refractivity contribution is 6.33. The summed E-state index contributed by atoms with van der Waals surface area (Å²) in [5, 5.41) is 13.4. The van der Waals surface area contributed by atoms with Crippen molar-refractivity contribution in [1.82, 2.24) is 0 Å². The van der Waals surface area contributed by atoms with Crippen molar-refractivity contribution in [3.63, 3.8) is 0 Å². The van der Waals surface area contributed by atoms with E-state index in [9.17, 15) is 14.7 Å². The molecule has 1 N–H and O–H groups in total. The third-order valence-corrected chi connectivity index (χ3v) is 9.93. The summed E-state index contributed by atoms with van der Waals surface area (Å²) in [6.45, 7) is 1.23. The lowest BCUT2D eigenvalue weighted by Gasteiger charge is -2.42. The number of ketones is 2. The summed E-state index contributed by atoms with van der Waals surface area (Å²) in [5.74, 6) is -0.936. The number of ether oxygens (including phenoxy) is 4. The standard InChI is InChI=1S/C45H38O7/c46-42-34-22-12-13-23-35(34)43(47)41-40(42)33-21-11-10-20-32(33)39(44(41)48)36-24-37(50-26-30-16-6-2-7-17-30)45(51-27-31-18-8-3-9-19-31)38(52-36)28-49-25-29-14-4-1-5-15-29/h1-23,36-38,45,48H,24-28H2/t36-,37-,38-,45+/m1/s1. The van der Waals surface area contributed by atoms with Crippen molar-refractivity contribution in [3.8, 4) is 5.75 Å². The Kier molecular flexibility index (Phi) is 9.74. The maximum atomic E-state index is 14.1. The first-order valence-electron chi connectivity index (χ1n) is 17.6. The molecule has 260 valence electrons. The van der Waals surface area contributed by atoms with Crippen LogP contribution < -0.4 is 0 Å². The number of carbonyl (C=O) groups excluding carboxylic acids is 2. The Labute approximate surface area is 302 Å². The number of fused-ring (bicyclic) bond motifs is 4. The van der Waals surface area contributed by atoms with Gasteiger partial charge in [0.15, 0.2) is 11.6 Å². The lowest BCUT2D eigenvalue weighted by atomic mass is 9.78. The highest BCUT2D eigenvalue weighted by Gasteiger charge is 2.44. The highest BCUT2D eigenvalue weighted by Crippen LogP contribution is 2.47. The third kappa shape index (κ3) is 6.67. The average Bonchev–Trinajstić information content (AvgIpc) is 3.19. The van der Waals surface area contributed by atoms with Crippen LogP contribution in [0.1, 0.15) is 66.6 Å². The topological polar surface area (TPSA) is 91.3 Å². The predicted molar refractivity (Wildman–Crippen MR) is 197 cm³/mol. The van der Waals surface area contributed by atoms with Crippen LogP contribution in [0.4, 0.5) is 0 Å². The van der Waals surface area contributed by atoms with E-state index in [4.69, 9.17) is 18.9 Å². The number of carbonyl (C=O) groups is 2. The first-order valence-corrected chi connectivity index (χ1v) is 17.6. The Bertz CT molecular complexity index is 2200. The Morgan fingerprint density at radius 1 is 0.577 bits per heavy atom. The second-order valence-corrected chi connectivity index (χ2v) is 13.3. The van der Waals surface area contributed by atoms with Crippen LogP contribution in [0.5, 0.6) is 5.75 Å². The van der Waals surface area contributed by atoms with E-state index in [-0.39, 0.29) is 34.8 Å². The molecule has 7 heteroatoms. The van der Waals surface area contributed by atoms with Crippen molar-refractivity contribution < 1.29 is 33.6 Å². The van der Waals surface area contributed by atoms with Gasteiger partial charge in [0.25, 0.3) is 0 Å². The average molecular weight is 691 g/mol. The second-order valence-electron chi connectivity index (χ2n) is 13.3. The van der Waals surface area contributed by atoms with Crippen LogP contribution in [-0.2, 0) is 38.8 Å². The van der Waals surface area contributed by atoms with Crippen LogP contribution in [0.25, 0.3) is 10.8 Å². The Morgan fingerprint density at radius 3 is 1.69 bits per heavy atom. The van der Waals surface area contributed by atoms with Crippen molar-refractivity contribution in [1.29, 1.82) is 0 Å². The first kappa shape index (κ1) is 33.7. The molecule has 6 aromatic rings. The zero-order chi connectivity index (χ0) is 35.4. The maximum absolute atomic E-state index is 14.1. The molecule has 1 aliphatic carbocycles. The minimum Gasteiger partial charge on any atom is -0.507 e. The first-order chi connectivity index (χ1) is 25.6. The summed E-state index contributed by atoms with van der Waals surface area (Å²) >= 11 is 0. The normalized spacial score (nSPS) is 19.7. The molecule has 0 amide bonds. The van der Waals surface area contributed by atoms with E-state index in [1.54, 1.807) is 24.3 Å². The smallest absolute Gasteiger partial charge is 0.198 e. The molecule has 0 spiro atoms. The molecular formula is C45H38O7. The molecule has 0 unspecified atom stereocenters. The van der Waals surface area contributed by atoms with Crippen molar-refractivity contribution in [2.45, 2.75) is 50.7 Å². The number of hydrogen-bond donors (Lipinski definition) is 1. The van der Waals surface area contributed by atoms with Gasteiger partial charge in [0.2, 0.25) is 0 Å². The summed E-state index contributed by atoms with van der Waals surface area (Å²) in [6.07, 6.45) is -2.04. The molecule has 0 saturated carbocycles. The SMILES string of the molecule is O=C1c2ccccc2C(=O)c2c1c(O)c([C@H]1C[C@@H](OCc3ccccc3)[C@H](OCc3ccccc3)[C@@H](COCc3ccccc3)O1)c1ccccc21. The minimum atomic E-state index is -0.724. The van der Waals surface area contributed by atoms with Crippen LogP contribution in [-0.4, -0.2) is 41.6 Å². The Balaban J connectivity index is 1.20. The van der Waals surface area contributed by atoms with Gasteiger partial charge >= 0.3 is 0 Å². The number of rotatable bonds is 11. The third-order valence-electron chi connectivity index (χ3n) is 9.93. The van der Waals surface area contributed by atoms with Crippen LogP contribution in [0, 0.1) is 0 Å². The van der Waals surface area contributed by atoms with Crippen molar-refractivity contribution >= 4 is 22.3 Å². The van der Waals surface area contributed by atoms with E-state index in [0.29, 0.717) is 48.1 Å². The Morgan fingerprint density at radius 2 is 1.08 bits per heavy atom. The van der Waals surface area contributed by atoms with Crippen molar-refractivity contribution in [2.24, 2.45) is 0 Å². The number of benzene rings is 6. The minimum absolute atomic E-state index is 0.00193. The lowest BCUT2D eigenvalue weighted by molar-refractivity contribution is -0.222. The maximum Gasteiger partial charge on any atom is 0.198 e. The largest absolute Gasteiger partial charge is 0.507 e. The molecule has 0 bridgehead atoms. The molecular weight excluding hydrogens is 652 g/mol. The monoisotopic (exact) mass is 690 g/mol. The van der Waals surface area contributed by atoms with Crippen molar-refractivity contribution in [3.05, 3.63) is 184 Å². The molecule has 2 aliphatic rings. The molecule has 7 nitrogen and oxygen atoms in total. The number of phenolic OH excluding ortho intramolecular Hbond substituents is 1. The van der Waals surface area contributed by atoms with Gasteiger partial charge in [0, 0.05) is 28.7 Å². The van der Waals surface area contributed by atoms with Crippen molar-refractivity contribution in [2.75, 3.05) is 6.61 Å². The summed E-state index contributed by atoms with van der Waals surface area (Å²) in [6, 6.07) is 44.0. The van der Waals surface area contributed by atoms with Crippen LogP contribution in [0.15, 0.2) is 140 Å². The van der Waals surface area contributed by atoms with E-state index in [1.165, 1.54) is 0 Å². The summed E-state index contributed by atoms with van der Waals surface area (Å²) < 4.78 is 26.6. The molecule has 1 saturated heterocycles. The molecule has 0 radical (unpaired) electrons.